The Morgan fingerprint density at radius 3 is 2.93 bits per heavy atom. The lowest BCUT2D eigenvalue weighted by atomic mass is 10.1. The van der Waals surface area contributed by atoms with Crippen molar-refractivity contribution in [2.75, 3.05) is 26.7 Å². The number of nitrogens with one attached hydrogen (secondary N) is 1. The van der Waals surface area contributed by atoms with E-state index in [9.17, 15) is 0 Å². The number of ether oxygens (including phenoxy) is 1. The minimum Gasteiger partial charge on any atom is -0.380 e. The Morgan fingerprint density at radius 2 is 2.21 bits per heavy atom. The summed E-state index contributed by atoms with van der Waals surface area (Å²) in [5.74, 6) is 0. The fraction of sp³-hybridized carbons (Fsp3) is 1.00. The van der Waals surface area contributed by atoms with E-state index in [1.165, 1.54) is 25.8 Å². The van der Waals surface area contributed by atoms with Gasteiger partial charge in [0.1, 0.15) is 0 Å². The van der Waals surface area contributed by atoms with Crippen LogP contribution in [0, 0.1) is 0 Å². The van der Waals surface area contributed by atoms with Crippen molar-refractivity contribution in [1.29, 1.82) is 0 Å². The number of hydrogen-bond donors (Lipinski definition) is 1. The Balaban J connectivity index is 1.97. The molecule has 3 atom stereocenters. The van der Waals surface area contributed by atoms with E-state index in [1.54, 1.807) is 0 Å². The van der Waals surface area contributed by atoms with Gasteiger partial charge in [0.2, 0.25) is 0 Å². The molecule has 0 aromatic rings. The van der Waals surface area contributed by atoms with Gasteiger partial charge in [-0.25, -0.2) is 0 Å². The van der Waals surface area contributed by atoms with Crippen LogP contribution >= 0.6 is 0 Å². The third kappa shape index (κ3) is 1.95. The third-order valence-corrected chi connectivity index (χ3v) is 3.70. The van der Waals surface area contributed by atoms with Gasteiger partial charge in [0.05, 0.1) is 6.10 Å². The Hall–Kier alpha value is -0.120. The maximum absolute atomic E-state index is 5.56. The molecule has 0 radical (unpaired) electrons. The van der Waals surface area contributed by atoms with Crippen LogP contribution in [0.1, 0.15) is 26.2 Å². The average molecular weight is 198 g/mol. The zero-order valence-corrected chi connectivity index (χ0v) is 9.33. The van der Waals surface area contributed by atoms with Gasteiger partial charge in [-0.2, -0.15) is 0 Å². The van der Waals surface area contributed by atoms with Crippen molar-refractivity contribution < 1.29 is 4.74 Å². The molecule has 0 bridgehead atoms. The van der Waals surface area contributed by atoms with E-state index in [-0.39, 0.29) is 0 Å². The topological polar surface area (TPSA) is 24.5 Å². The van der Waals surface area contributed by atoms with Crippen LogP contribution in [-0.4, -0.2) is 49.8 Å². The summed E-state index contributed by atoms with van der Waals surface area (Å²) in [5, 5.41) is 3.44. The van der Waals surface area contributed by atoms with E-state index in [1.807, 2.05) is 7.11 Å². The van der Waals surface area contributed by atoms with Crippen molar-refractivity contribution >= 4 is 0 Å². The van der Waals surface area contributed by atoms with Gasteiger partial charge in [-0.1, -0.05) is 0 Å². The van der Waals surface area contributed by atoms with Gasteiger partial charge in [0.25, 0.3) is 0 Å². The average Bonchev–Trinajstić information content (AvgIpc) is 2.66. The molecule has 1 aliphatic carbocycles. The van der Waals surface area contributed by atoms with Crippen LogP contribution in [-0.2, 0) is 4.74 Å². The smallest absolute Gasteiger partial charge is 0.0726 e. The predicted octanol–water partition coefficient (Wildman–Crippen LogP) is 0.848. The number of hydrogen-bond acceptors (Lipinski definition) is 3. The fourth-order valence-electron chi connectivity index (χ4n) is 2.91. The molecule has 1 saturated carbocycles. The SMILES string of the molecule is COC1CCCC1N1CCNC[C@H]1C. The highest BCUT2D eigenvalue weighted by Crippen LogP contribution is 2.28. The van der Waals surface area contributed by atoms with E-state index in [0.717, 1.165) is 13.1 Å². The first kappa shape index (κ1) is 10.4. The van der Waals surface area contributed by atoms with Crippen molar-refractivity contribution in [3.05, 3.63) is 0 Å². The van der Waals surface area contributed by atoms with E-state index in [4.69, 9.17) is 4.74 Å². The molecule has 3 heteroatoms. The molecule has 0 aromatic carbocycles. The molecule has 2 fully saturated rings. The van der Waals surface area contributed by atoms with Crippen molar-refractivity contribution in [2.45, 2.75) is 44.4 Å². The molecular formula is C11H22N2O. The molecular weight excluding hydrogens is 176 g/mol. The minimum atomic E-state index is 0.482. The van der Waals surface area contributed by atoms with Crippen LogP contribution in [0.3, 0.4) is 0 Å². The van der Waals surface area contributed by atoms with E-state index in [2.05, 4.69) is 17.1 Å². The molecule has 2 unspecified atom stereocenters. The van der Waals surface area contributed by atoms with Crippen LogP contribution in [0.15, 0.2) is 0 Å². The second-order valence-corrected chi connectivity index (χ2v) is 4.56. The highest BCUT2D eigenvalue weighted by atomic mass is 16.5. The van der Waals surface area contributed by atoms with Crippen LogP contribution in [0.25, 0.3) is 0 Å². The second kappa shape index (κ2) is 4.60. The maximum Gasteiger partial charge on any atom is 0.0726 e. The first-order valence-electron chi connectivity index (χ1n) is 5.82. The van der Waals surface area contributed by atoms with Gasteiger partial charge in [-0.3, -0.25) is 4.90 Å². The standard InChI is InChI=1S/C11H22N2O/c1-9-8-12-6-7-13(9)10-4-3-5-11(10)14-2/h9-12H,3-8H2,1-2H3/t9-,10?,11?/m1/s1. The minimum absolute atomic E-state index is 0.482. The second-order valence-electron chi connectivity index (χ2n) is 4.56. The number of rotatable bonds is 2. The van der Waals surface area contributed by atoms with Gasteiger partial charge in [-0.05, 0) is 26.2 Å². The summed E-state index contributed by atoms with van der Waals surface area (Å²) in [6.07, 6.45) is 4.39. The largest absolute Gasteiger partial charge is 0.380 e. The van der Waals surface area contributed by atoms with Crippen LogP contribution in [0.2, 0.25) is 0 Å². The van der Waals surface area contributed by atoms with Gasteiger partial charge in [0.15, 0.2) is 0 Å². The molecule has 1 N–H and O–H groups in total. The quantitative estimate of drug-likeness (QED) is 0.712. The first-order chi connectivity index (χ1) is 6.83. The van der Waals surface area contributed by atoms with Gasteiger partial charge < -0.3 is 10.1 Å². The van der Waals surface area contributed by atoms with Crippen molar-refractivity contribution in [1.82, 2.24) is 10.2 Å². The summed E-state index contributed by atoms with van der Waals surface area (Å²) in [7, 11) is 1.86. The van der Waals surface area contributed by atoms with Crippen LogP contribution < -0.4 is 5.32 Å². The highest BCUT2D eigenvalue weighted by Gasteiger charge is 2.35. The van der Waals surface area contributed by atoms with E-state index in [0.29, 0.717) is 18.2 Å². The lowest BCUT2D eigenvalue weighted by Gasteiger charge is -2.40. The maximum atomic E-state index is 5.56. The number of nitrogens with zero attached hydrogens (tertiary/aromatic N) is 1. The zero-order valence-electron chi connectivity index (χ0n) is 9.33. The highest BCUT2D eigenvalue weighted by molar-refractivity contribution is 4.91. The van der Waals surface area contributed by atoms with Gasteiger partial charge >= 0.3 is 0 Å². The number of piperazine rings is 1. The summed E-state index contributed by atoms with van der Waals surface area (Å²) in [6, 6.07) is 1.35. The van der Waals surface area contributed by atoms with Crippen LogP contribution in [0.4, 0.5) is 0 Å². The third-order valence-electron chi connectivity index (χ3n) is 3.70. The van der Waals surface area contributed by atoms with Crippen molar-refractivity contribution in [3.63, 3.8) is 0 Å². The molecule has 1 saturated heterocycles. The van der Waals surface area contributed by atoms with E-state index >= 15 is 0 Å². The molecule has 14 heavy (non-hydrogen) atoms. The van der Waals surface area contributed by atoms with Crippen molar-refractivity contribution in [2.24, 2.45) is 0 Å². The predicted molar refractivity (Wildman–Crippen MR) is 57.5 cm³/mol. The molecule has 2 rings (SSSR count). The summed E-state index contributed by atoms with van der Waals surface area (Å²) in [6.45, 7) is 5.77. The molecule has 0 spiro atoms. The molecule has 3 nitrogen and oxygen atoms in total. The Labute approximate surface area is 86.8 Å². The summed E-state index contributed by atoms with van der Waals surface area (Å²) in [4.78, 5) is 2.64. The summed E-state index contributed by atoms with van der Waals surface area (Å²) < 4.78 is 5.56. The fourth-order valence-corrected chi connectivity index (χ4v) is 2.91. The Kier molecular flexibility index (Phi) is 3.42. The molecule has 0 aromatic heterocycles. The van der Waals surface area contributed by atoms with Crippen molar-refractivity contribution in [3.8, 4) is 0 Å². The van der Waals surface area contributed by atoms with Gasteiger partial charge in [0, 0.05) is 38.8 Å². The lowest BCUT2D eigenvalue weighted by Crippen LogP contribution is -2.56. The molecule has 0 amide bonds. The molecule has 1 heterocycles. The zero-order chi connectivity index (χ0) is 9.97. The Morgan fingerprint density at radius 1 is 1.36 bits per heavy atom. The Bertz CT molecular complexity index is 186. The lowest BCUT2D eigenvalue weighted by molar-refractivity contribution is 0.00940. The molecule has 82 valence electrons. The normalized spacial score (nSPS) is 40.3. The van der Waals surface area contributed by atoms with E-state index < -0.39 is 0 Å². The molecule has 1 aliphatic heterocycles. The summed E-state index contributed by atoms with van der Waals surface area (Å²) >= 11 is 0. The molecule has 2 aliphatic rings. The summed E-state index contributed by atoms with van der Waals surface area (Å²) in [5.41, 5.74) is 0. The van der Waals surface area contributed by atoms with Gasteiger partial charge in [-0.15, -0.1) is 0 Å². The van der Waals surface area contributed by atoms with Crippen LogP contribution in [0.5, 0.6) is 0 Å². The number of methoxy groups -OCH3 is 1. The first-order valence-corrected chi connectivity index (χ1v) is 5.82. The monoisotopic (exact) mass is 198 g/mol.